The first kappa shape index (κ1) is 15.3. The SMILES string of the molecule is CCN(CC)c1c(Cc2ccccc2)nnn1-c1ccccc1. The van der Waals surface area contributed by atoms with E-state index in [1.807, 2.05) is 28.9 Å². The Kier molecular flexibility index (Phi) is 4.71. The van der Waals surface area contributed by atoms with Gasteiger partial charge in [0.05, 0.1) is 5.69 Å². The van der Waals surface area contributed by atoms with Crippen molar-refractivity contribution in [3.05, 3.63) is 71.9 Å². The zero-order chi connectivity index (χ0) is 16.1. The van der Waals surface area contributed by atoms with Crippen LogP contribution >= 0.6 is 0 Å². The van der Waals surface area contributed by atoms with Crippen molar-refractivity contribution in [2.45, 2.75) is 20.3 Å². The number of hydrogen-bond acceptors (Lipinski definition) is 3. The second-order valence-electron chi connectivity index (χ2n) is 5.44. The lowest BCUT2D eigenvalue weighted by atomic mass is 10.1. The summed E-state index contributed by atoms with van der Waals surface area (Å²) >= 11 is 0. The Morgan fingerprint density at radius 1 is 0.870 bits per heavy atom. The molecule has 0 radical (unpaired) electrons. The number of nitrogens with zero attached hydrogens (tertiary/aromatic N) is 4. The minimum atomic E-state index is 0.791. The van der Waals surface area contributed by atoms with Gasteiger partial charge in [0.1, 0.15) is 5.69 Å². The summed E-state index contributed by atoms with van der Waals surface area (Å²) in [7, 11) is 0. The molecule has 2 aromatic carbocycles. The lowest BCUT2D eigenvalue weighted by Gasteiger charge is -2.22. The molecule has 118 valence electrons. The van der Waals surface area contributed by atoms with Crippen molar-refractivity contribution in [2.24, 2.45) is 0 Å². The fraction of sp³-hybridized carbons (Fsp3) is 0.263. The zero-order valence-electron chi connectivity index (χ0n) is 13.7. The normalized spacial score (nSPS) is 10.7. The van der Waals surface area contributed by atoms with Gasteiger partial charge in [-0.05, 0) is 31.5 Å². The van der Waals surface area contributed by atoms with E-state index in [9.17, 15) is 0 Å². The third-order valence-electron chi connectivity index (χ3n) is 3.99. The fourth-order valence-electron chi connectivity index (χ4n) is 2.79. The van der Waals surface area contributed by atoms with Crippen LogP contribution in [0.15, 0.2) is 60.7 Å². The third kappa shape index (κ3) is 3.26. The molecule has 0 N–H and O–H groups in total. The highest BCUT2D eigenvalue weighted by molar-refractivity contribution is 5.51. The van der Waals surface area contributed by atoms with Gasteiger partial charge in [-0.1, -0.05) is 53.7 Å². The molecule has 0 unspecified atom stereocenters. The first-order chi connectivity index (χ1) is 11.3. The van der Waals surface area contributed by atoms with Gasteiger partial charge < -0.3 is 4.90 Å². The van der Waals surface area contributed by atoms with Gasteiger partial charge in [-0.25, -0.2) is 0 Å². The van der Waals surface area contributed by atoms with Crippen LogP contribution in [0.2, 0.25) is 0 Å². The molecule has 0 aliphatic carbocycles. The van der Waals surface area contributed by atoms with Crippen molar-refractivity contribution in [3.63, 3.8) is 0 Å². The fourth-order valence-corrected chi connectivity index (χ4v) is 2.79. The Morgan fingerprint density at radius 2 is 1.48 bits per heavy atom. The van der Waals surface area contributed by atoms with E-state index in [2.05, 4.69) is 65.5 Å². The maximum absolute atomic E-state index is 4.48. The van der Waals surface area contributed by atoms with Crippen LogP contribution in [0.4, 0.5) is 5.82 Å². The van der Waals surface area contributed by atoms with Gasteiger partial charge in [0, 0.05) is 19.5 Å². The van der Waals surface area contributed by atoms with Gasteiger partial charge in [-0.3, -0.25) is 0 Å². The van der Waals surface area contributed by atoms with E-state index < -0.39 is 0 Å². The molecule has 0 bridgehead atoms. The number of anilines is 1. The van der Waals surface area contributed by atoms with Crippen molar-refractivity contribution in [1.29, 1.82) is 0 Å². The van der Waals surface area contributed by atoms with Crippen LogP contribution in [0.25, 0.3) is 5.69 Å². The molecule has 4 nitrogen and oxygen atoms in total. The van der Waals surface area contributed by atoms with E-state index in [4.69, 9.17) is 0 Å². The van der Waals surface area contributed by atoms with Crippen molar-refractivity contribution in [3.8, 4) is 5.69 Å². The van der Waals surface area contributed by atoms with Crippen molar-refractivity contribution >= 4 is 5.82 Å². The van der Waals surface area contributed by atoms with Crippen molar-refractivity contribution in [2.75, 3.05) is 18.0 Å². The monoisotopic (exact) mass is 306 g/mol. The summed E-state index contributed by atoms with van der Waals surface area (Å²) < 4.78 is 1.95. The van der Waals surface area contributed by atoms with Crippen LogP contribution in [-0.2, 0) is 6.42 Å². The van der Waals surface area contributed by atoms with Gasteiger partial charge in [-0.2, -0.15) is 4.68 Å². The largest absolute Gasteiger partial charge is 0.355 e. The standard InChI is InChI=1S/C19H22N4/c1-3-22(4-2)19-18(15-16-11-7-5-8-12-16)20-21-23(19)17-13-9-6-10-14-17/h5-14H,3-4,15H2,1-2H3. The van der Waals surface area contributed by atoms with E-state index in [-0.39, 0.29) is 0 Å². The molecule has 1 heterocycles. The van der Waals surface area contributed by atoms with E-state index in [0.29, 0.717) is 0 Å². The van der Waals surface area contributed by atoms with Gasteiger partial charge in [0.2, 0.25) is 0 Å². The molecule has 0 saturated heterocycles. The quantitative estimate of drug-likeness (QED) is 0.696. The Balaban J connectivity index is 2.04. The molecule has 0 amide bonds. The topological polar surface area (TPSA) is 34.0 Å². The molecule has 1 aromatic heterocycles. The molecule has 3 aromatic rings. The summed E-state index contributed by atoms with van der Waals surface area (Å²) in [6, 6.07) is 20.6. The number of rotatable bonds is 6. The molecule has 0 aliphatic heterocycles. The van der Waals surface area contributed by atoms with Crippen LogP contribution < -0.4 is 4.90 Å². The van der Waals surface area contributed by atoms with E-state index in [1.165, 1.54) is 5.56 Å². The van der Waals surface area contributed by atoms with Crippen LogP contribution in [0.3, 0.4) is 0 Å². The third-order valence-corrected chi connectivity index (χ3v) is 3.99. The molecular weight excluding hydrogens is 284 g/mol. The molecule has 4 heteroatoms. The average molecular weight is 306 g/mol. The molecule has 0 saturated carbocycles. The van der Waals surface area contributed by atoms with Gasteiger partial charge in [0.15, 0.2) is 5.82 Å². The second-order valence-corrected chi connectivity index (χ2v) is 5.44. The maximum atomic E-state index is 4.48. The molecule has 0 fully saturated rings. The number of hydrogen-bond donors (Lipinski definition) is 0. The molecule has 0 atom stereocenters. The van der Waals surface area contributed by atoms with Gasteiger partial charge >= 0.3 is 0 Å². The summed E-state index contributed by atoms with van der Waals surface area (Å²) in [4.78, 5) is 2.31. The molecular formula is C19H22N4. The molecule has 0 spiro atoms. The minimum absolute atomic E-state index is 0.791. The summed E-state index contributed by atoms with van der Waals surface area (Å²) in [6.07, 6.45) is 0.791. The van der Waals surface area contributed by atoms with Crippen LogP contribution in [-0.4, -0.2) is 28.1 Å². The summed E-state index contributed by atoms with van der Waals surface area (Å²) in [5.41, 5.74) is 3.31. The average Bonchev–Trinajstić information content (AvgIpc) is 3.01. The van der Waals surface area contributed by atoms with E-state index in [1.54, 1.807) is 0 Å². The van der Waals surface area contributed by atoms with E-state index >= 15 is 0 Å². The highest BCUT2D eigenvalue weighted by Gasteiger charge is 2.19. The molecule has 23 heavy (non-hydrogen) atoms. The smallest absolute Gasteiger partial charge is 0.156 e. The van der Waals surface area contributed by atoms with Gasteiger partial charge in [-0.15, -0.1) is 5.10 Å². The van der Waals surface area contributed by atoms with Crippen LogP contribution in [0.5, 0.6) is 0 Å². The lowest BCUT2D eigenvalue weighted by Crippen LogP contribution is -2.26. The molecule has 0 aliphatic rings. The number of aromatic nitrogens is 3. The second kappa shape index (κ2) is 7.09. The lowest BCUT2D eigenvalue weighted by molar-refractivity contribution is 0.759. The summed E-state index contributed by atoms with van der Waals surface area (Å²) in [5, 5.41) is 8.90. The zero-order valence-corrected chi connectivity index (χ0v) is 13.7. The number of benzene rings is 2. The van der Waals surface area contributed by atoms with Gasteiger partial charge in [0.25, 0.3) is 0 Å². The van der Waals surface area contributed by atoms with E-state index in [0.717, 1.165) is 36.7 Å². The Hall–Kier alpha value is -2.62. The Morgan fingerprint density at radius 3 is 2.09 bits per heavy atom. The Bertz CT molecular complexity index is 731. The number of para-hydroxylation sites is 1. The first-order valence-corrected chi connectivity index (χ1v) is 8.12. The highest BCUT2D eigenvalue weighted by Crippen LogP contribution is 2.24. The first-order valence-electron chi connectivity index (χ1n) is 8.12. The predicted molar refractivity (Wildman–Crippen MR) is 94.2 cm³/mol. The highest BCUT2D eigenvalue weighted by atomic mass is 15.5. The Labute approximate surface area is 137 Å². The van der Waals surface area contributed by atoms with Crippen LogP contribution in [0.1, 0.15) is 25.1 Å². The maximum Gasteiger partial charge on any atom is 0.156 e. The minimum Gasteiger partial charge on any atom is -0.355 e. The summed E-state index contributed by atoms with van der Waals surface area (Å²) in [6.45, 7) is 6.19. The predicted octanol–water partition coefficient (Wildman–Crippen LogP) is 3.70. The van der Waals surface area contributed by atoms with Crippen molar-refractivity contribution < 1.29 is 0 Å². The molecule has 3 rings (SSSR count). The summed E-state index contributed by atoms with van der Waals surface area (Å²) in [5.74, 6) is 1.09. The van der Waals surface area contributed by atoms with Crippen molar-refractivity contribution in [1.82, 2.24) is 15.0 Å². The van der Waals surface area contributed by atoms with Crippen LogP contribution in [0, 0.1) is 0 Å².